The van der Waals surface area contributed by atoms with Gasteiger partial charge in [-0.25, -0.2) is 0 Å². The molecule has 0 atom stereocenters. The quantitative estimate of drug-likeness (QED) is 0.744. The Hall–Kier alpha value is 0.314. The average Bonchev–Trinajstić information content (AvgIpc) is 2.09. The van der Waals surface area contributed by atoms with Gasteiger partial charge in [0.1, 0.15) is 8.24 Å². The fraction of sp³-hybridized carbons (Fsp3) is 1.00. The Morgan fingerprint density at radius 1 is 1.00 bits per heavy atom. The zero-order valence-electron chi connectivity index (χ0n) is 12.7. The molecule has 0 aromatic rings. The maximum absolute atomic E-state index is 3.65. The maximum atomic E-state index is 3.65. The van der Waals surface area contributed by atoms with Crippen LogP contribution in [0.4, 0.5) is 0 Å². The first-order valence-corrected chi connectivity index (χ1v) is 11.6. The van der Waals surface area contributed by atoms with E-state index in [1.54, 1.807) is 0 Å². The third-order valence-corrected chi connectivity index (χ3v) is 13.0. The number of rotatable bonds is 5. The first kappa shape index (κ1) is 16.3. The Bertz CT molecular complexity index is 214. The molecule has 0 heterocycles. The van der Waals surface area contributed by atoms with Crippen molar-refractivity contribution in [3.63, 3.8) is 0 Å². The summed E-state index contributed by atoms with van der Waals surface area (Å²) < 4.78 is 2.75. The van der Waals surface area contributed by atoms with Crippen LogP contribution in [0, 0.1) is 0 Å². The molecular formula is C11H31N3Si2. The minimum Gasteiger partial charge on any atom is -0.321 e. The summed E-state index contributed by atoms with van der Waals surface area (Å²) in [6, 6.07) is 0. The van der Waals surface area contributed by atoms with Crippen LogP contribution in [0.15, 0.2) is 0 Å². The molecule has 0 spiro atoms. The molecule has 2 N–H and O–H groups in total. The van der Waals surface area contributed by atoms with Crippen molar-refractivity contribution in [2.24, 2.45) is 0 Å². The SMILES string of the molecule is CCN([Si](C)(C)C)[Si](NC)(NC)C(C)(C)C. The summed E-state index contributed by atoms with van der Waals surface area (Å²) >= 11 is 0. The van der Waals surface area contributed by atoms with Crippen LogP contribution in [0.2, 0.25) is 24.7 Å². The smallest absolute Gasteiger partial charge is 0.282 e. The van der Waals surface area contributed by atoms with E-state index < -0.39 is 16.8 Å². The molecule has 0 aromatic heterocycles. The fourth-order valence-corrected chi connectivity index (χ4v) is 13.0. The van der Waals surface area contributed by atoms with Crippen LogP contribution in [0.5, 0.6) is 0 Å². The van der Waals surface area contributed by atoms with Gasteiger partial charge in [-0.05, 0) is 25.7 Å². The van der Waals surface area contributed by atoms with Gasteiger partial charge in [-0.3, -0.25) is 0 Å². The van der Waals surface area contributed by atoms with E-state index in [2.05, 4.69) is 75.6 Å². The van der Waals surface area contributed by atoms with E-state index >= 15 is 0 Å². The number of hydrogen-bond acceptors (Lipinski definition) is 3. The van der Waals surface area contributed by atoms with Gasteiger partial charge in [0.15, 0.2) is 0 Å². The lowest BCUT2D eigenvalue weighted by Crippen LogP contribution is -2.80. The molecule has 16 heavy (non-hydrogen) atoms. The molecule has 0 aliphatic rings. The third-order valence-electron chi connectivity index (χ3n) is 3.34. The van der Waals surface area contributed by atoms with Crippen LogP contribution in [0.25, 0.3) is 0 Å². The highest BCUT2D eigenvalue weighted by Gasteiger charge is 2.51. The van der Waals surface area contributed by atoms with E-state index in [-0.39, 0.29) is 5.04 Å². The first-order chi connectivity index (χ1) is 7.06. The summed E-state index contributed by atoms with van der Waals surface area (Å²) in [7, 11) is 1.10. The third kappa shape index (κ3) is 2.95. The zero-order valence-corrected chi connectivity index (χ0v) is 14.7. The molecule has 98 valence electrons. The molecule has 0 saturated carbocycles. The van der Waals surface area contributed by atoms with Gasteiger partial charge < -0.3 is 14.2 Å². The van der Waals surface area contributed by atoms with Crippen molar-refractivity contribution >= 4 is 16.8 Å². The van der Waals surface area contributed by atoms with Crippen LogP contribution in [0.3, 0.4) is 0 Å². The standard InChI is InChI=1S/C11H31N3Si2/c1-10-14(15(7,8)9)16(12-5,13-6)11(2,3)4/h12-13H,10H2,1-9H3. The molecule has 0 unspecified atom stereocenters. The highest BCUT2D eigenvalue weighted by atomic mass is 28.4. The second-order valence-electron chi connectivity index (χ2n) is 6.38. The molecule has 3 nitrogen and oxygen atoms in total. The minimum absolute atomic E-state index is 0.271. The molecule has 0 amide bonds. The molecule has 0 rings (SSSR count). The second-order valence-corrected chi connectivity index (χ2v) is 16.2. The molecule has 0 saturated heterocycles. The predicted octanol–water partition coefficient (Wildman–Crippen LogP) is 2.32. The van der Waals surface area contributed by atoms with E-state index in [1.807, 2.05) is 0 Å². The van der Waals surface area contributed by atoms with Gasteiger partial charge in [0.05, 0.1) is 0 Å². The Morgan fingerprint density at radius 3 is 1.44 bits per heavy atom. The lowest BCUT2D eigenvalue weighted by molar-refractivity contribution is 0.520. The summed E-state index contributed by atoms with van der Waals surface area (Å²) in [4.78, 5) is 7.30. The number of hydrogen-bond donors (Lipinski definition) is 2. The van der Waals surface area contributed by atoms with E-state index in [4.69, 9.17) is 0 Å². The first-order valence-electron chi connectivity index (χ1n) is 6.22. The Morgan fingerprint density at radius 2 is 1.38 bits per heavy atom. The van der Waals surface area contributed by atoms with E-state index in [0.29, 0.717) is 0 Å². The van der Waals surface area contributed by atoms with Gasteiger partial charge in [-0.15, -0.1) is 0 Å². The second kappa shape index (κ2) is 5.31. The van der Waals surface area contributed by atoms with Gasteiger partial charge in [-0.1, -0.05) is 47.3 Å². The van der Waals surface area contributed by atoms with E-state index in [1.165, 1.54) is 0 Å². The Labute approximate surface area is 104 Å². The monoisotopic (exact) mass is 261 g/mol. The van der Waals surface area contributed by atoms with E-state index in [9.17, 15) is 0 Å². The highest BCUT2D eigenvalue weighted by molar-refractivity contribution is 6.90. The van der Waals surface area contributed by atoms with Crippen LogP contribution in [-0.4, -0.2) is 41.7 Å². The summed E-state index contributed by atoms with van der Waals surface area (Å²) in [6.07, 6.45) is 0. The number of nitrogens with one attached hydrogen (secondary N) is 2. The molecule has 0 aliphatic carbocycles. The lowest BCUT2D eigenvalue weighted by atomic mass is 10.3. The molecular weight excluding hydrogens is 230 g/mol. The van der Waals surface area contributed by atoms with Crippen LogP contribution < -0.4 is 9.96 Å². The topological polar surface area (TPSA) is 27.3 Å². The van der Waals surface area contributed by atoms with Gasteiger partial charge >= 0.3 is 0 Å². The highest BCUT2D eigenvalue weighted by Crippen LogP contribution is 2.36. The molecule has 0 fully saturated rings. The van der Waals surface area contributed by atoms with Crippen LogP contribution in [-0.2, 0) is 0 Å². The molecule has 0 radical (unpaired) electrons. The largest absolute Gasteiger partial charge is 0.321 e. The van der Waals surface area contributed by atoms with Crippen molar-refractivity contribution in [2.75, 3.05) is 20.6 Å². The number of nitrogens with zero attached hydrogens (tertiary/aromatic N) is 1. The van der Waals surface area contributed by atoms with Gasteiger partial charge in [0, 0.05) is 0 Å². The predicted molar refractivity (Wildman–Crippen MR) is 79.3 cm³/mol. The van der Waals surface area contributed by atoms with Gasteiger partial charge in [0.25, 0.3) is 8.56 Å². The molecule has 0 aliphatic heterocycles. The van der Waals surface area contributed by atoms with Crippen LogP contribution in [0.1, 0.15) is 27.7 Å². The van der Waals surface area contributed by atoms with Crippen molar-refractivity contribution in [1.82, 2.24) is 14.2 Å². The van der Waals surface area contributed by atoms with Crippen LogP contribution >= 0.6 is 0 Å². The summed E-state index contributed by atoms with van der Waals surface area (Å²) in [5, 5.41) is 0.271. The normalized spacial score (nSPS) is 14.6. The zero-order chi connectivity index (χ0) is 13.2. The van der Waals surface area contributed by atoms with E-state index in [0.717, 1.165) is 6.54 Å². The van der Waals surface area contributed by atoms with Crippen molar-refractivity contribution in [3.8, 4) is 0 Å². The van der Waals surface area contributed by atoms with Gasteiger partial charge in [-0.2, -0.15) is 0 Å². The maximum Gasteiger partial charge on any atom is 0.282 e. The van der Waals surface area contributed by atoms with Crippen molar-refractivity contribution in [3.05, 3.63) is 0 Å². The molecule has 0 bridgehead atoms. The fourth-order valence-electron chi connectivity index (χ4n) is 2.76. The Balaban J connectivity index is 5.49. The summed E-state index contributed by atoms with van der Waals surface area (Å²) in [6.45, 7) is 17.7. The molecule has 0 aromatic carbocycles. The van der Waals surface area contributed by atoms with Gasteiger partial charge in [0.2, 0.25) is 0 Å². The van der Waals surface area contributed by atoms with Crippen molar-refractivity contribution < 1.29 is 0 Å². The average molecular weight is 262 g/mol. The minimum atomic E-state index is -1.81. The lowest BCUT2D eigenvalue weighted by Gasteiger charge is -2.53. The van der Waals surface area contributed by atoms with Crippen molar-refractivity contribution in [1.29, 1.82) is 0 Å². The van der Waals surface area contributed by atoms with Crippen molar-refractivity contribution in [2.45, 2.75) is 52.4 Å². The Kier molecular flexibility index (Phi) is 5.41. The summed E-state index contributed by atoms with van der Waals surface area (Å²) in [5.74, 6) is 0. The summed E-state index contributed by atoms with van der Waals surface area (Å²) in [5.41, 5.74) is 0. The molecule has 5 heteroatoms.